The fourth-order valence-electron chi connectivity index (χ4n) is 1.86. The number of nitrogens with zero attached hydrogens (tertiary/aromatic N) is 1. The summed E-state index contributed by atoms with van der Waals surface area (Å²) in [7, 11) is 0. The average molecular weight is 270 g/mol. The lowest BCUT2D eigenvalue weighted by atomic mass is 10.1. The molecule has 0 aliphatic carbocycles. The van der Waals surface area contributed by atoms with Crippen LogP contribution in [0.15, 0.2) is 48.8 Å². The van der Waals surface area contributed by atoms with Crippen molar-refractivity contribution < 1.29 is 9.53 Å². The van der Waals surface area contributed by atoms with Gasteiger partial charge in [-0.3, -0.25) is 9.78 Å². The first-order valence-electron chi connectivity index (χ1n) is 6.54. The first-order valence-corrected chi connectivity index (χ1v) is 6.54. The van der Waals surface area contributed by atoms with Crippen molar-refractivity contribution in [2.75, 3.05) is 6.61 Å². The molecule has 0 aliphatic heterocycles. The Balaban J connectivity index is 1.86. The lowest BCUT2D eigenvalue weighted by Gasteiger charge is -2.14. The van der Waals surface area contributed by atoms with E-state index in [0.717, 1.165) is 16.9 Å². The third-order valence-corrected chi connectivity index (χ3v) is 3.01. The van der Waals surface area contributed by atoms with Gasteiger partial charge in [0, 0.05) is 12.4 Å². The minimum atomic E-state index is -0.149. The molecule has 0 bridgehead atoms. The number of aromatic nitrogens is 1. The summed E-state index contributed by atoms with van der Waals surface area (Å²) in [4.78, 5) is 15.9. The third-order valence-electron chi connectivity index (χ3n) is 3.01. The van der Waals surface area contributed by atoms with E-state index in [1.54, 1.807) is 12.4 Å². The summed E-state index contributed by atoms with van der Waals surface area (Å²) < 4.78 is 5.51. The van der Waals surface area contributed by atoms with E-state index >= 15 is 0 Å². The van der Waals surface area contributed by atoms with Gasteiger partial charge in [-0.1, -0.05) is 24.3 Å². The number of aryl methyl sites for hydroxylation is 1. The molecule has 1 unspecified atom stereocenters. The highest BCUT2D eigenvalue weighted by atomic mass is 16.5. The summed E-state index contributed by atoms with van der Waals surface area (Å²) in [6.07, 6.45) is 3.45. The van der Waals surface area contributed by atoms with Crippen LogP contribution in [0.5, 0.6) is 5.75 Å². The lowest BCUT2D eigenvalue weighted by molar-refractivity contribution is -0.123. The number of amides is 1. The molecule has 4 nitrogen and oxygen atoms in total. The van der Waals surface area contributed by atoms with Crippen molar-refractivity contribution in [1.82, 2.24) is 10.3 Å². The molecule has 0 saturated heterocycles. The van der Waals surface area contributed by atoms with Crippen LogP contribution in [0.25, 0.3) is 0 Å². The molecule has 1 atom stereocenters. The number of benzene rings is 1. The van der Waals surface area contributed by atoms with E-state index < -0.39 is 0 Å². The number of ether oxygens (including phenoxy) is 1. The Morgan fingerprint density at radius 3 is 2.80 bits per heavy atom. The van der Waals surface area contributed by atoms with Crippen LogP contribution < -0.4 is 10.1 Å². The summed E-state index contributed by atoms with van der Waals surface area (Å²) in [6, 6.07) is 11.3. The normalized spacial score (nSPS) is 11.7. The number of carbonyl (C=O) groups is 1. The Morgan fingerprint density at radius 1 is 1.30 bits per heavy atom. The van der Waals surface area contributed by atoms with Crippen molar-refractivity contribution in [3.63, 3.8) is 0 Å². The van der Waals surface area contributed by atoms with E-state index in [4.69, 9.17) is 4.74 Å². The van der Waals surface area contributed by atoms with Crippen molar-refractivity contribution in [3.05, 3.63) is 59.9 Å². The van der Waals surface area contributed by atoms with Gasteiger partial charge in [0.05, 0.1) is 6.04 Å². The second-order valence-electron chi connectivity index (χ2n) is 4.63. The molecule has 1 heterocycles. The highest BCUT2D eigenvalue weighted by molar-refractivity contribution is 5.78. The van der Waals surface area contributed by atoms with Crippen LogP contribution in [0.2, 0.25) is 0 Å². The van der Waals surface area contributed by atoms with Gasteiger partial charge >= 0.3 is 0 Å². The molecule has 0 saturated carbocycles. The topological polar surface area (TPSA) is 51.2 Å². The first-order chi connectivity index (χ1) is 9.66. The van der Waals surface area contributed by atoms with Crippen LogP contribution in [-0.4, -0.2) is 17.5 Å². The lowest BCUT2D eigenvalue weighted by Crippen LogP contribution is -2.31. The van der Waals surface area contributed by atoms with Gasteiger partial charge in [-0.15, -0.1) is 0 Å². The zero-order valence-corrected chi connectivity index (χ0v) is 11.7. The maximum Gasteiger partial charge on any atom is 0.258 e. The van der Waals surface area contributed by atoms with Gasteiger partial charge in [-0.25, -0.2) is 0 Å². The molecule has 2 rings (SSSR count). The summed E-state index contributed by atoms with van der Waals surface area (Å²) >= 11 is 0. The van der Waals surface area contributed by atoms with Crippen molar-refractivity contribution >= 4 is 5.91 Å². The van der Waals surface area contributed by atoms with E-state index in [9.17, 15) is 4.79 Å². The monoisotopic (exact) mass is 270 g/mol. The van der Waals surface area contributed by atoms with Gasteiger partial charge in [0.2, 0.25) is 0 Å². The molecule has 0 aliphatic rings. The van der Waals surface area contributed by atoms with Gasteiger partial charge in [-0.05, 0) is 37.1 Å². The Bertz CT molecular complexity index is 570. The Hall–Kier alpha value is -2.36. The molecule has 4 heteroatoms. The van der Waals surface area contributed by atoms with Crippen LogP contribution >= 0.6 is 0 Å². The number of nitrogens with one attached hydrogen (secondary N) is 1. The van der Waals surface area contributed by atoms with Crippen LogP contribution in [0.4, 0.5) is 0 Å². The predicted octanol–water partition coefficient (Wildman–Crippen LogP) is 2.65. The second kappa shape index (κ2) is 6.70. The number of rotatable bonds is 5. The van der Waals surface area contributed by atoms with Crippen molar-refractivity contribution in [1.29, 1.82) is 0 Å². The molecule has 1 amide bonds. The Kier molecular flexibility index (Phi) is 4.71. The zero-order valence-electron chi connectivity index (χ0n) is 11.7. The molecule has 1 aromatic heterocycles. The number of para-hydroxylation sites is 1. The van der Waals surface area contributed by atoms with Crippen molar-refractivity contribution in [2.45, 2.75) is 19.9 Å². The van der Waals surface area contributed by atoms with Crippen LogP contribution in [0.1, 0.15) is 24.1 Å². The molecule has 1 aromatic carbocycles. The average Bonchev–Trinajstić information content (AvgIpc) is 2.47. The molecule has 2 aromatic rings. The highest BCUT2D eigenvalue weighted by Crippen LogP contribution is 2.16. The van der Waals surface area contributed by atoms with Crippen LogP contribution in [-0.2, 0) is 4.79 Å². The van der Waals surface area contributed by atoms with Gasteiger partial charge in [0.15, 0.2) is 6.61 Å². The van der Waals surface area contributed by atoms with Crippen LogP contribution in [0.3, 0.4) is 0 Å². The SMILES string of the molecule is Cc1ccccc1OCC(=O)NC(C)c1cccnc1. The van der Waals surface area contributed by atoms with Crippen LogP contribution in [0, 0.1) is 6.92 Å². The number of pyridine rings is 1. The first kappa shape index (κ1) is 14.1. The molecule has 20 heavy (non-hydrogen) atoms. The van der Waals surface area contributed by atoms with Gasteiger partial charge in [-0.2, -0.15) is 0 Å². The maximum absolute atomic E-state index is 11.9. The second-order valence-corrected chi connectivity index (χ2v) is 4.63. The molecule has 104 valence electrons. The minimum absolute atomic E-state index is 0.00938. The molecular formula is C16H18N2O2. The standard InChI is InChI=1S/C16H18N2O2/c1-12-6-3-4-8-15(12)20-11-16(19)18-13(2)14-7-5-9-17-10-14/h3-10,13H,11H2,1-2H3,(H,18,19). The smallest absolute Gasteiger partial charge is 0.258 e. The molecule has 0 spiro atoms. The fourth-order valence-corrected chi connectivity index (χ4v) is 1.86. The molecule has 0 radical (unpaired) electrons. The fraction of sp³-hybridized carbons (Fsp3) is 0.250. The summed E-state index contributed by atoms with van der Waals surface area (Å²) in [5.41, 5.74) is 1.98. The zero-order chi connectivity index (χ0) is 14.4. The number of hydrogen-bond donors (Lipinski definition) is 1. The number of hydrogen-bond acceptors (Lipinski definition) is 3. The van der Waals surface area contributed by atoms with Gasteiger partial charge in [0.25, 0.3) is 5.91 Å². The highest BCUT2D eigenvalue weighted by Gasteiger charge is 2.10. The third kappa shape index (κ3) is 3.82. The molecule has 1 N–H and O–H groups in total. The summed E-state index contributed by atoms with van der Waals surface area (Å²) in [5.74, 6) is 0.585. The van der Waals surface area contributed by atoms with E-state index in [1.807, 2.05) is 50.2 Å². The summed E-state index contributed by atoms with van der Waals surface area (Å²) in [5, 5.41) is 2.88. The molecular weight excluding hydrogens is 252 g/mol. The van der Waals surface area contributed by atoms with Crippen molar-refractivity contribution in [3.8, 4) is 5.75 Å². The van der Waals surface area contributed by atoms with Gasteiger partial charge in [0.1, 0.15) is 5.75 Å². The maximum atomic E-state index is 11.9. The van der Waals surface area contributed by atoms with E-state index in [2.05, 4.69) is 10.3 Å². The Morgan fingerprint density at radius 2 is 2.10 bits per heavy atom. The van der Waals surface area contributed by atoms with E-state index in [-0.39, 0.29) is 18.6 Å². The number of carbonyl (C=O) groups excluding carboxylic acids is 1. The summed E-state index contributed by atoms with van der Waals surface area (Å²) in [6.45, 7) is 3.88. The predicted molar refractivity (Wildman–Crippen MR) is 77.5 cm³/mol. The largest absolute Gasteiger partial charge is 0.484 e. The molecule has 0 fully saturated rings. The Labute approximate surface area is 118 Å². The van der Waals surface area contributed by atoms with Crippen molar-refractivity contribution in [2.24, 2.45) is 0 Å². The van der Waals surface area contributed by atoms with E-state index in [0.29, 0.717) is 0 Å². The van der Waals surface area contributed by atoms with E-state index in [1.165, 1.54) is 0 Å². The minimum Gasteiger partial charge on any atom is -0.484 e. The quantitative estimate of drug-likeness (QED) is 0.908. The van der Waals surface area contributed by atoms with Gasteiger partial charge < -0.3 is 10.1 Å².